The van der Waals surface area contributed by atoms with Gasteiger partial charge < -0.3 is 14.2 Å². The van der Waals surface area contributed by atoms with Crippen LogP contribution in [0, 0.1) is 0 Å². The Morgan fingerprint density at radius 1 is 0.253 bits per heavy atom. The van der Waals surface area contributed by atoms with Gasteiger partial charge in [0.05, 0.1) is 0 Å². The highest BCUT2D eigenvalue weighted by Crippen LogP contribution is 2.18. The van der Waals surface area contributed by atoms with Gasteiger partial charge in [-0.25, -0.2) is 0 Å². The normalized spacial score (nSPS) is 12.5. The first-order valence-electron chi connectivity index (χ1n) is 36.4. The molecule has 0 N–H and O–H groups in total. The molecule has 0 saturated heterocycles. The zero-order valence-electron chi connectivity index (χ0n) is 55.5. The Bertz CT molecular complexity index is 1520. The molecule has 0 rings (SSSR count). The summed E-state index contributed by atoms with van der Waals surface area (Å²) in [6.45, 7) is 6.58. The van der Waals surface area contributed by atoms with Crippen molar-refractivity contribution in [1.82, 2.24) is 0 Å². The molecule has 0 bridgehead atoms. The fourth-order valence-electron chi connectivity index (χ4n) is 10.8. The maximum atomic E-state index is 13.0. The highest BCUT2D eigenvalue weighted by Gasteiger charge is 2.19. The summed E-state index contributed by atoms with van der Waals surface area (Å²) in [5.74, 6) is -0.847. The van der Waals surface area contributed by atoms with Crippen LogP contribution in [0.2, 0.25) is 0 Å². The van der Waals surface area contributed by atoms with Crippen molar-refractivity contribution in [3.8, 4) is 0 Å². The van der Waals surface area contributed by atoms with Gasteiger partial charge in [0.2, 0.25) is 0 Å². The molecular weight excluding hydrogens is 1020 g/mol. The summed E-state index contributed by atoms with van der Waals surface area (Å²) in [4.78, 5) is 38.4. The standard InChI is InChI=1S/C77H138O6/c1-4-7-10-13-16-19-22-24-26-28-30-32-34-35-36-37-38-39-40-41-43-44-46-48-50-52-55-58-61-64-67-70-76(79)82-73-74(72-81-75(78)69-66-63-60-57-54-21-18-15-12-9-6-3)83-77(80)71-68-65-62-59-56-53-51-49-47-45-42-33-31-29-27-25-23-20-17-14-11-8-5-2/h7,10,16,19,24,26,30,32,35-36,38-39,74H,4-6,8-9,11-15,17-18,20-23,25,27-29,31,33-34,37,40-73H2,1-3H3/b10-7-,19-16-,26-24-,32-30-,36-35-,39-38-. The number of esters is 3. The van der Waals surface area contributed by atoms with Gasteiger partial charge >= 0.3 is 17.9 Å². The first kappa shape index (κ1) is 79.8. The maximum absolute atomic E-state index is 13.0. The summed E-state index contributed by atoms with van der Waals surface area (Å²) in [6.07, 6.45) is 93.7. The number of unbranched alkanes of at least 4 members (excludes halogenated alkanes) is 44. The molecule has 6 nitrogen and oxygen atoms in total. The van der Waals surface area contributed by atoms with E-state index in [1.807, 2.05) is 0 Å². The molecule has 0 aliphatic heterocycles. The lowest BCUT2D eigenvalue weighted by atomic mass is 10.0. The summed E-state index contributed by atoms with van der Waals surface area (Å²) in [6, 6.07) is 0. The van der Waals surface area contributed by atoms with Crippen molar-refractivity contribution < 1.29 is 28.6 Å². The summed E-state index contributed by atoms with van der Waals surface area (Å²) in [5.41, 5.74) is 0. The second-order valence-electron chi connectivity index (χ2n) is 24.5. The Kier molecular flexibility index (Phi) is 68.6. The molecule has 0 heterocycles. The molecule has 0 saturated carbocycles. The summed E-state index contributed by atoms with van der Waals surface area (Å²) < 4.78 is 17.0. The number of rotatable bonds is 67. The van der Waals surface area contributed by atoms with E-state index < -0.39 is 6.10 Å². The Morgan fingerprint density at radius 3 is 0.735 bits per heavy atom. The lowest BCUT2D eigenvalue weighted by Gasteiger charge is -2.18. The van der Waals surface area contributed by atoms with Crippen LogP contribution in [0.15, 0.2) is 72.9 Å². The van der Waals surface area contributed by atoms with Crippen LogP contribution >= 0.6 is 0 Å². The molecule has 6 heteroatoms. The smallest absolute Gasteiger partial charge is 0.306 e. The van der Waals surface area contributed by atoms with Crippen molar-refractivity contribution in [1.29, 1.82) is 0 Å². The molecule has 0 spiro atoms. The molecule has 0 fully saturated rings. The van der Waals surface area contributed by atoms with Gasteiger partial charge in [0.25, 0.3) is 0 Å². The third-order valence-corrected chi connectivity index (χ3v) is 16.2. The molecule has 1 atom stereocenters. The Morgan fingerprint density at radius 2 is 0.470 bits per heavy atom. The lowest BCUT2D eigenvalue weighted by Crippen LogP contribution is -2.30. The number of carbonyl (C=O) groups is 3. The van der Waals surface area contributed by atoms with Gasteiger partial charge in [-0.2, -0.15) is 0 Å². The molecule has 0 aliphatic rings. The molecule has 0 amide bonds. The summed E-state index contributed by atoms with van der Waals surface area (Å²) in [5, 5.41) is 0. The van der Waals surface area contributed by atoms with Gasteiger partial charge in [0, 0.05) is 19.3 Å². The van der Waals surface area contributed by atoms with Gasteiger partial charge in [-0.05, 0) is 70.6 Å². The highest BCUT2D eigenvalue weighted by molar-refractivity contribution is 5.71. The topological polar surface area (TPSA) is 78.9 Å². The summed E-state index contributed by atoms with van der Waals surface area (Å²) in [7, 11) is 0. The maximum Gasteiger partial charge on any atom is 0.306 e. The van der Waals surface area contributed by atoms with E-state index in [1.165, 1.54) is 244 Å². The Labute approximate surface area is 516 Å². The third kappa shape index (κ3) is 69.5. The van der Waals surface area contributed by atoms with Gasteiger partial charge in [-0.1, -0.05) is 363 Å². The minimum atomic E-state index is -0.773. The van der Waals surface area contributed by atoms with E-state index in [2.05, 4.69) is 93.7 Å². The van der Waals surface area contributed by atoms with Crippen LogP contribution in [-0.2, 0) is 28.6 Å². The van der Waals surface area contributed by atoms with Crippen molar-refractivity contribution in [2.24, 2.45) is 0 Å². The van der Waals surface area contributed by atoms with Gasteiger partial charge in [-0.3, -0.25) is 14.4 Å². The van der Waals surface area contributed by atoms with E-state index >= 15 is 0 Å². The fourth-order valence-corrected chi connectivity index (χ4v) is 10.8. The highest BCUT2D eigenvalue weighted by atomic mass is 16.6. The average molecular weight is 1160 g/mol. The zero-order chi connectivity index (χ0) is 59.9. The Hall–Kier alpha value is -3.15. The van der Waals surface area contributed by atoms with Crippen LogP contribution in [0.3, 0.4) is 0 Å². The van der Waals surface area contributed by atoms with E-state index in [0.717, 1.165) is 96.3 Å². The van der Waals surface area contributed by atoms with E-state index in [0.29, 0.717) is 19.3 Å². The van der Waals surface area contributed by atoms with Crippen LogP contribution in [0.1, 0.15) is 380 Å². The second-order valence-corrected chi connectivity index (χ2v) is 24.5. The van der Waals surface area contributed by atoms with Crippen molar-refractivity contribution in [3.63, 3.8) is 0 Å². The molecule has 0 radical (unpaired) electrons. The SMILES string of the molecule is CC/C=C\C/C=C\C/C=C\C/C=C\C/C=C\C/C=C\CCCCCCCCCCCCCCC(=O)OCC(COC(=O)CCCCCCCCCCCCC)OC(=O)CCCCCCCCCCCCCCCCCCCCCCCCC. The van der Waals surface area contributed by atoms with E-state index in [-0.39, 0.29) is 31.1 Å². The van der Waals surface area contributed by atoms with Crippen LogP contribution in [-0.4, -0.2) is 37.2 Å². The van der Waals surface area contributed by atoms with Crippen LogP contribution in [0.25, 0.3) is 0 Å². The second kappa shape index (κ2) is 71.3. The number of allylic oxidation sites excluding steroid dienone is 12. The summed E-state index contributed by atoms with van der Waals surface area (Å²) >= 11 is 0. The van der Waals surface area contributed by atoms with Crippen LogP contribution < -0.4 is 0 Å². The largest absolute Gasteiger partial charge is 0.462 e. The average Bonchev–Trinajstić information content (AvgIpc) is 3.48. The minimum absolute atomic E-state index is 0.0691. The monoisotopic (exact) mass is 1160 g/mol. The number of hydrogen-bond donors (Lipinski definition) is 0. The fraction of sp³-hybridized carbons (Fsp3) is 0.805. The van der Waals surface area contributed by atoms with Crippen molar-refractivity contribution in [2.45, 2.75) is 386 Å². The zero-order valence-corrected chi connectivity index (χ0v) is 55.5. The molecule has 0 aromatic heterocycles. The number of ether oxygens (including phenoxy) is 3. The van der Waals surface area contributed by atoms with Gasteiger partial charge in [0.15, 0.2) is 6.10 Å². The predicted molar refractivity (Wildman–Crippen MR) is 362 cm³/mol. The minimum Gasteiger partial charge on any atom is -0.462 e. The van der Waals surface area contributed by atoms with Crippen molar-refractivity contribution >= 4 is 17.9 Å². The number of carbonyl (C=O) groups excluding carboxylic acids is 3. The first-order valence-corrected chi connectivity index (χ1v) is 36.4. The van der Waals surface area contributed by atoms with Gasteiger partial charge in [-0.15, -0.1) is 0 Å². The van der Waals surface area contributed by atoms with E-state index in [9.17, 15) is 14.4 Å². The molecular formula is C77H138O6. The van der Waals surface area contributed by atoms with E-state index in [4.69, 9.17) is 14.2 Å². The van der Waals surface area contributed by atoms with Gasteiger partial charge in [0.1, 0.15) is 13.2 Å². The van der Waals surface area contributed by atoms with Crippen LogP contribution in [0.5, 0.6) is 0 Å². The molecule has 0 aromatic rings. The van der Waals surface area contributed by atoms with Crippen LogP contribution in [0.4, 0.5) is 0 Å². The molecule has 0 aliphatic carbocycles. The molecule has 83 heavy (non-hydrogen) atoms. The quantitative estimate of drug-likeness (QED) is 0.0261. The Balaban J connectivity index is 4.17. The molecule has 0 aromatic carbocycles. The lowest BCUT2D eigenvalue weighted by molar-refractivity contribution is -0.167. The van der Waals surface area contributed by atoms with Crippen molar-refractivity contribution in [3.05, 3.63) is 72.9 Å². The molecule has 482 valence electrons. The number of hydrogen-bond acceptors (Lipinski definition) is 6. The third-order valence-electron chi connectivity index (χ3n) is 16.2. The van der Waals surface area contributed by atoms with Crippen molar-refractivity contribution in [2.75, 3.05) is 13.2 Å². The predicted octanol–water partition coefficient (Wildman–Crippen LogP) is 25.2. The molecule has 1 unspecified atom stereocenters. The van der Waals surface area contributed by atoms with E-state index in [1.54, 1.807) is 0 Å². The first-order chi connectivity index (χ1) is 41.0.